The molecule has 1 fully saturated rings. The smallest absolute Gasteiger partial charge is 0.195 e. The zero-order chi connectivity index (χ0) is 14.0. The normalized spacial score (nSPS) is 35.1. The maximum Gasteiger partial charge on any atom is 0.195 e. The van der Waals surface area contributed by atoms with Gasteiger partial charge in [0.2, 0.25) is 0 Å². The van der Waals surface area contributed by atoms with Crippen LogP contribution in [0.5, 0.6) is 11.5 Å². The first kappa shape index (κ1) is 14.0. The van der Waals surface area contributed by atoms with E-state index in [4.69, 9.17) is 14.6 Å². The van der Waals surface area contributed by atoms with Crippen LogP contribution in [-0.2, 0) is 4.74 Å². The Balaban J connectivity index is 2.11. The quantitative estimate of drug-likeness (QED) is 0.457. The van der Waals surface area contributed by atoms with Gasteiger partial charge in [-0.25, -0.2) is 0 Å². The molecule has 106 valence electrons. The summed E-state index contributed by atoms with van der Waals surface area (Å²) in [5, 5.41) is 47.4. The molecule has 0 radical (unpaired) electrons. The Morgan fingerprint density at radius 2 is 1.89 bits per heavy atom. The fraction of sp³-hybridized carbons (Fsp3) is 0.500. The SMILES string of the molecule is OC[C@H]1O[C@@H](O)[C@H](Oc2cccc(O)c2)[C@@H](O)[C@H]1O. The molecule has 1 heterocycles. The van der Waals surface area contributed by atoms with Gasteiger partial charge in [-0.1, -0.05) is 6.07 Å². The fourth-order valence-electron chi connectivity index (χ4n) is 1.91. The molecule has 1 aromatic rings. The van der Waals surface area contributed by atoms with Gasteiger partial charge in [0, 0.05) is 6.07 Å². The van der Waals surface area contributed by atoms with Crippen molar-refractivity contribution < 1.29 is 35.0 Å². The molecule has 5 N–H and O–H groups in total. The van der Waals surface area contributed by atoms with Gasteiger partial charge < -0.3 is 35.0 Å². The summed E-state index contributed by atoms with van der Waals surface area (Å²) < 4.78 is 10.2. The molecule has 0 aromatic heterocycles. The van der Waals surface area contributed by atoms with E-state index in [1.54, 1.807) is 0 Å². The van der Waals surface area contributed by atoms with Crippen LogP contribution in [0.25, 0.3) is 0 Å². The number of benzene rings is 1. The van der Waals surface area contributed by atoms with Gasteiger partial charge in [0.1, 0.15) is 29.8 Å². The fourth-order valence-corrected chi connectivity index (χ4v) is 1.91. The summed E-state index contributed by atoms with van der Waals surface area (Å²) in [6.07, 6.45) is -6.61. The standard InChI is InChI=1S/C12H16O7/c13-5-8-9(15)10(16)11(12(17)19-8)18-7-3-1-2-6(14)4-7/h1-4,8-17H,5H2/t8-,9+,10+,11-,12-/m1/s1. The van der Waals surface area contributed by atoms with Crippen LogP contribution in [0.2, 0.25) is 0 Å². The minimum Gasteiger partial charge on any atom is -0.508 e. The van der Waals surface area contributed by atoms with Crippen LogP contribution in [0.15, 0.2) is 24.3 Å². The van der Waals surface area contributed by atoms with Crippen LogP contribution in [0.4, 0.5) is 0 Å². The van der Waals surface area contributed by atoms with Crippen LogP contribution in [0.1, 0.15) is 0 Å². The van der Waals surface area contributed by atoms with Crippen molar-refractivity contribution >= 4 is 0 Å². The van der Waals surface area contributed by atoms with E-state index in [0.29, 0.717) is 0 Å². The number of ether oxygens (including phenoxy) is 2. The highest BCUT2D eigenvalue weighted by Crippen LogP contribution is 2.26. The van der Waals surface area contributed by atoms with Gasteiger partial charge >= 0.3 is 0 Å². The first-order chi connectivity index (χ1) is 9.02. The Labute approximate surface area is 109 Å². The summed E-state index contributed by atoms with van der Waals surface area (Å²) in [4.78, 5) is 0. The Kier molecular flexibility index (Phi) is 4.23. The first-order valence-electron chi connectivity index (χ1n) is 5.79. The third-order valence-electron chi connectivity index (χ3n) is 2.93. The van der Waals surface area contributed by atoms with Gasteiger partial charge in [0.15, 0.2) is 12.4 Å². The average Bonchev–Trinajstić information content (AvgIpc) is 2.39. The van der Waals surface area contributed by atoms with Crippen molar-refractivity contribution in [3.8, 4) is 11.5 Å². The van der Waals surface area contributed by atoms with E-state index in [-0.39, 0.29) is 11.5 Å². The number of rotatable bonds is 3. The second-order valence-corrected chi connectivity index (χ2v) is 4.31. The van der Waals surface area contributed by atoms with Crippen molar-refractivity contribution in [1.29, 1.82) is 0 Å². The van der Waals surface area contributed by atoms with Crippen molar-refractivity contribution in [3.05, 3.63) is 24.3 Å². The molecule has 5 atom stereocenters. The van der Waals surface area contributed by atoms with Crippen LogP contribution in [0, 0.1) is 0 Å². The Morgan fingerprint density at radius 1 is 1.16 bits per heavy atom. The molecule has 1 aliphatic heterocycles. The van der Waals surface area contributed by atoms with Crippen molar-refractivity contribution in [1.82, 2.24) is 0 Å². The van der Waals surface area contributed by atoms with E-state index >= 15 is 0 Å². The topological polar surface area (TPSA) is 120 Å². The van der Waals surface area contributed by atoms with E-state index in [1.807, 2.05) is 0 Å². The van der Waals surface area contributed by atoms with Crippen molar-refractivity contribution in [3.63, 3.8) is 0 Å². The third-order valence-corrected chi connectivity index (χ3v) is 2.93. The van der Waals surface area contributed by atoms with E-state index in [9.17, 15) is 20.4 Å². The molecule has 1 aromatic carbocycles. The van der Waals surface area contributed by atoms with Gasteiger partial charge in [0.25, 0.3) is 0 Å². The lowest BCUT2D eigenvalue weighted by molar-refractivity contribution is -0.280. The lowest BCUT2D eigenvalue weighted by atomic mass is 9.99. The molecule has 0 saturated carbocycles. The van der Waals surface area contributed by atoms with E-state index < -0.39 is 37.3 Å². The molecular weight excluding hydrogens is 256 g/mol. The lowest BCUT2D eigenvalue weighted by Crippen LogP contribution is -2.60. The predicted molar refractivity (Wildman–Crippen MR) is 62.5 cm³/mol. The summed E-state index contributed by atoms with van der Waals surface area (Å²) in [5.74, 6) is 0.174. The molecule has 0 spiro atoms. The number of phenolic OH excluding ortho intramolecular Hbond substituents is 1. The molecule has 7 heteroatoms. The Hall–Kier alpha value is -1.38. The predicted octanol–water partition coefficient (Wildman–Crippen LogP) is -1.43. The summed E-state index contributed by atoms with van der Waals surface area (Å²) in [7, 11) is 0. The Bertz CT molecular complexity index is 424. The van der Waals surface area contributed by atoms with E-state index in [1.165, 1.54) is 24.3 Å². The number of hydrogen-bond acceptors (Lipinski definition) is 7. The van der Waals surface area contributed by atoms with Gasteiger partial charge in [-0.2, -0.15) is 0 Å². The molecule has 0 bridgehead atoms. The molecule has 0 unspecified atom stereocenters. The molecule has 0 amide bonds. The molecule has 1 aliphatic rings. The summed E-state index contributed by atoms with van der Waals surface area (Å²) in [6.45, 7) is -0.534. The molecule has 7 nitrogen and oxygen atoms in total. The van der Waals surface area contributed by atoms with Crippen molar-refractivity contribution in [2.45, 2.75) is 30.7 Å². The van der Waals surface area contributed by atoms with Crippen molar-refractivity contribution in [2.75, 3.05) is 6.61 Å². The van der Waals surface area contributed by atoms with E-state index in [0.717, 1.165) is 0 Å². The van der Waals surface area contributed by atoms with Gasteiger partial charge in [-0.05, 0) is 12.1 Å². The molecule has 2 rings (SSSR count). The second kappa shape index (κ2) is 5.72. The van der Waals surface area contributed by atoms with Crippen LogP contribution in [0.3, 0.4) is 0 Å². The number of hydrogen-bond donors (Lipinski definition) is 5. The highest BCUT2D eigenvalue weighted by molar-refractivity contribution is 5.32. The van der Waals surface area contributed by atoms with Crippen molar-refractivity contribution in [2.24, 2.45) is 0 Å². The summed E-state index contributed by atoms with van der Waals surface area (Å²) >= 11 is 0. The van der Waals surface area contributed by atoms with Gasteiger partial charge in [-0.15, -0.1) is 0 Å². The van der Waals surface area contributed by atoms with Crippen LogP contribution in [-0.4, -0.2) is 62.8 Å². The van der Waals surface area contributed by atoms with Gasteiger partial charge in [0.05, 0.1) is 6.61 Å². The molecule has 0 aliphatic carbocycles. The molecule has 1 saturated heterocycles. The van der Waals surface area contributed by atoms with Gasteiger partial charge in [-0.3, -0.25) is 0 Å². The minimum atomic E-state index is -1.50. The number of aliphatic hydroxyl groups excluding tert-OH is 4. The average molecular weight is 272 g/mol. The first-order valence-corrected chi connectivity index (χ1v) is 5.79. The zero-order valence-corrected chi connectivity index (χ0v) is 9.96. The maximum absolute atomic E-state index is 9.85. The van der Waals surface area contributed by atoms with Crippen LogP contribution >= 0.6 is 0 Å². The monoisotopic (exact) mass is 272 g/mol. The summed E-state index contributed by atoms with van der Waals surface area (Å²) in [6, 6.07) is 5.78. The molecule has 19 heavy (non-hydrogen) atoms. The number of aromatic hydroxyl groups is 1. The highest BCUT2D eigenvalue weighted by Gasteiger charge is 2.45. The summed E-state index contributed by atoms with van der Waals surface area (Å²) in [5.41, 5.74) is 0. The number of aliphatic hydroxyl groups is 4. The maximum atomic E-state index is 9.85. The third kappa shape index (κ3) is 2.96. The minimum absolute atomic E-state index is 0.0352. The zero-order valence-electron chi connectivity index (χ0n) is 9.96. The lowest BCUT2D eigenvalue weighted by Gasteiger charge is -2.39. The second-order valence-electron chi connectivity index (χ2n) is 4.31. The van der Waals surface area contributed by atoms with E-state index in [2.05, 4.69) is 0 Å². The molecular formula is C12H16O7. The Morgan fingerprint density at radius 3 is 2.53 bits per heavy atom. The highest BCUT2D eigenvalue weighted by atomic mass is 16.7. The van der Waals surface area contributed by atoms with Crippen LogP contribution < -0.4 is 4.74 Å². The number of phenols is 1. The largest absolute Gasteiger partial charge is 0.508 e.